The van der Waals surface area contributed by atoms with Crippen LogP contribution in [-0.4, -0.2) is 40.8 Å². The molecule has 20 heavy (non-hydrogen) atoms. The number of hydrogen-bond donors (Lipinski definition) is 2. The smallest absolute Gasteiger partial charge is 0.423 e. The summed E-state index contributed by atoms with van der Waals surface area (Å²) in [6.07, 6.45) is -2.94. The summed E-state index contributed by atoms with van der Waals surface area (Å²) in [5.41, 5.74) is 0.190. The molecule has 2 rings (SSSR count). The Morgan fingerprint density at radius 1 is 1.25 bits per heavy atom. The van der Waals surface area contributed by atoms with Crippen LogP contribution in [0.1, 0.15) is 18.4 Å². The molecule has 8 heteroatoms. The van der Waals surface area contributed by atoms with Crippen molar-refractivity contribution in [2.45, 2.75) is 31.6 Å². The standard InChI is InChI=1S/C12H14BF4NO2/c14-9-2-1-8(11(5-9)13(19)20)6-18(10-3-4-10)7-12(15,16)17/h1-2,5,10,19-20H,3-4,6-7H2. The fraction of sp³-hybridized carbons (Fsp3) is 0.500. The lowest BCUT2D eigenvalue weighted by molar-refractivity contribution is -0.148. The minimum absolute atomic E-state index is 0.0859. The normalized spacial score (nSPS) is 15.8. The Labute approximate surface area is 114 Å². The maximum absolute atomic E-state index is 13.1. The van der Waals surface area contributed by atoms with Crippen molar-refractivity contribution in [2.24, 2.45) is 0 Å². The SMILES string of the molecule is OB(O)c1cc(F)ccc1CN(CC(F)(F)F)C1CC1. The van der Waals surface area contributed by atoms with E-state index >= 15 is 0 Å². The molecule has 1 aliphatic carbocycles. The van der Waals surface area contributed by atoms with Crippen LogP contribution in [0.5, 0.6) is 0 Å². The van der Waals surface area contributed by atoms with Crippen molar-refractivity contribution in [1.29, 1.82) is 0 Å². The van der Waals surface area contributed by atoms with Crippen LogP contribution in [0.4, 0.5) is 17.6 Å². The lowest BCUT2D eigenvalue weighted by atomic mass is 9.77. The van der Waals surface area contributed by atoms with E-state index in [1.54, 1.807) is 0 Å². The molecule has 110 valence electrons. The first-order valence-electron chi connectivity index (χ1n) is 6.21. The zero-order valence-corrected chi connectivity index (χ0v) is 10.6. The van der Waals surface area contributed by atoms with Crippen LogP contribution in [0.3, 0.4) is 0 Å². The predicted molar refractivity (Wildman–Crippen MR) is 65.7 cm³/mol. The summed E-state index contributed by atoms with van der Waals surface area (Å²) >= 11 is 0. The summed E-state index contributed by atoms with van der Waals surface area (Å²) in [6.45, 7) is -1.15. The van der Waals surface area contributed by atoms with Gasteiger partial charge < -0.3 is 10.0 Å². The second-order valence-electron chi connectivity index (χ2n) is 4.97. The molecule has 0 radical (unpaired) electrons. The lowest BCUT2D eigenvalue weighted by Crippen LogP contribution is -2.40. The number of hydrogen-bond acceptors (Lipinski definition) is 3. The van der Waals surface area contributed by atoms with Crippen molar-refractivity contribution in [2.75, 3.05) is 6.54 Å². The summed E-state index contributed by atoms with van der Waals surface area (Å²) in [6, 6.07) is 3.17. The largest absolute Gasteiger partial charge is 0.488 e. The highest BCUT2D eigenvalue weighted by atomic mass is 19.4. The predicted octanol–water partition coefficient (Wildman–Crippen LogP) is 1.03. The van der Waals surface area contributed by atoms with Crippen LogP contribution in [0.15, 0.2) is 18.2 Å². The van der Waals surface area contributed by atoms with Gasteiger partial charge in [0.15, 0.2) is 0 Å². The first-order valence-corrected chi connectivity index (χ1v) is 6.21. The molecule has 1 aliphatic rings. The Balaban J connectivity index is 2.18. The minimum atomic E-state index is -4.32. The van der Waals surface area contributed by atoms with Gasteiger partial charge in [0.05, 0.1) is 6.54 Å². The maximum Gasteiger partial charge on any atom is 0.488 e. The van der Waals surface area contributed by atoms with E-state index in [1.807, 2.05) is 0 Å². The fourth-order valence-electron chi connectivity index (χ4n) is 2.15. The van der Waals surface area contributed by atoms with E-state index in [9.17, 15) is 27.6 Å². The van der Waals surface area contributed by atoms with E-state index < -0.39 is 25.7 Å². The number of nitrogens with zero attached hydrogens (tertiary/aromatic N) is 1. The van der Waals surface area contributed by atoms with Crippen molar-refractivity contribution in [1.82, 2.24) is 4.90 Å². The van der Waals surface area contributed by atoms with Crippen LogP contribution >= 0.6 is 0 Å². The van der Waals surface area contributed by atoms with Crippen molar-refractivity contribution in [3.05, 3.63) is 29.6 Å². The van der Waals surface area contributed by atoms with E-state index in [4.69, 9.17) is 0 Å². The molecular formula is C12H14BF4NO2. The Kier molecular flexibility index (Phi) is 4.36. The molecule has 2 N–H and O–H groups in total. The molecule has 0 aliphatic heterocycles. The van der Waals surface area contributed by atoms with Gasteiger partial charge in [-0.1, -0.05) is 6.07 Å². The van der Waals surface area contributed by atoms with Gasteiger partial charge in [-0.3, -0.25) is 4.90 Å². The number of halogens is 4. The number of benzene rings is 1. The number of alkyl halides is 3. The van der Waals surface area contributed by atoms with Gasteiger partial charge in [-0.05, 0) is 36.0 Å². The van der Waals surface area contributed by atoms with Crippen LogP contribution < -0.4 is 5.46 Å². The molecule has 1 aromatic carbocycles. The average Bonchev–Trinajstić information content (AvgIpc) is 3.12. The highest BCUT2D eigenvalue weighted by molar-refractivity contribution is 6.59. The zero-order valence-electron chi connectivity index (χ0n) is 10.6. The van der Waals surface area contributed by atoms with E-state index in [0.717, 1.165) is 12.1 Å². The molecule has 0 amide bonds. The minimum Gasteiger partial charge on any atom is -0.423 e. The van der Waals surface area contributed by atoms with Crippen LogP contribution in [0, 0.1) is 5.82 Å². The third-order valence-electron chi connectivity index (χ3n) is 3.21. The molecule has 1 aromatic rings. The summed E-state index contributed by atoms with van der Waals surface area (Å²) in [5, 5.41) is 18.4. The van der Waals surface area contributed by atoms with E-state index in [-0.39, 0.29) is 23.6 Å². The summed E-state index contributed by atoms with van der Waals surface area (Å²) in [7, 11) is -1.91. The van der Waals surface area contributed by atoms with E-state index in [1.165, 1.54) is 11.0 Å². The van der Waals surface area contributed by atoms with Gasteiger partial charge >= 0.3 is 13.3 Å². The molecule has 0 spiro atoms. The van der Waals surface area contributed by atoms with Gasteiger partial charge in [0, 0.05) is 12.6 Å². The first kappa shape index (κ1) is 15.3. The lowest BCUT2D eigenvalue weighted by Gasteiger charge is -2.24. The molecule has 0 heterocycles. The molecule has 1 fully saturated rings. The first-order chi connectivity index (χ1) is 9.26. The number of rotatable bonds is 5. The summed E-state index contributed by atoms with van der Waals surface area (Å²) in [4.78, 5) is 1.24. The van der Waals surface area contributed by atoms with Crippen molar-refractivity contribution < 1.29 is 27.6 Å². The van der Waals surface area contributed by atoms with E-state index in [2.05, 4.69) is 0 Å². The summed E-state index contributed by atoms with van der Waals surface area (Å²) < 4.78 is 50.6. The Morgan fingerprint density at radius 3 is 2.40 bits per heavy atom. The molecular weight excluding hydrogens is 277 g/mol. The quantitative estimate of drug-likeness (QED) is 0.629. The van der Waals surface area contributed by atoms with Crippen molar-refractivity contribution in [3.8, 4) is 0 Å². The van der Waals surface area contributed by atoms with Gasteiger partial charge in [0.2, 0.25) is 0 Å². The topological polar surface area (TPSA) is 43.7 Å². The van der Waals surface area contributed by atoms with E-state index in [0.29, 0.717) is 12.8 Å². The fourth-order valence-corrected chi connectivity index (χ4v) is 2.15. The Bertz CT molecular complexity index is 477. The van der Waals surface area contributed by atoms with Crippen molar-refractivity contribution in [3.63, 3.8) is 0 Å². The zero-order chi connectivity index (χ0) is 14.9. The van der Waals surface area contributed by atoms with Crippen LogP contribution in [0.2, 0.25) is 0 Å². The molecule has 0 bridgehead atoms. The average molecular weight is 291 g/mol. The Morgan fingerprint density at radius 2 is 1.90 bits per heavy atom. The monoisotopic (exact) mass is 291 g/mol. The molecule has 0 unspecified atom stereocenters. The van der Waals surface area contributed by atoms with Crippen LogP contribution in [0.25, 0.3) is 0 Å². The highest BCUT2D eigenvalue weighted by Crippen LogP contribution is 2.31. The summed E-state index contributed by atoms with van der Waals surface area (Å²) in [5.74, 6) is -0.661. The third kappa shape index (κ3) is 4.19. The highest BCUT2D eigenvalue weighted by Gasteiger charge is 2.38. The van der Waals surface area contributed by atoms with Gasteiger partial charge in [0.25, 0.3) is 0 Å². The molecule has 3 nitrogen and oxygen atoms in total. The van der Waals surface area contributed by atoms with Gasteiger partial charge in [-0.15, -0.1) is 0 Å². The second-order valence-corrected chi connectivity index (χ2v) is 4.97. The molecule has 0 aromatic heterocycles. The van der Waals surface area contributed by atoms with Gasteiger partial charge in [0.1, 0.15) is 5.82 Å². The third-order valence-corrected chi connectivity index (χ3v) is 3.21. The molecule has 1 saturated carbocycles. The second kappa shape index (κ2) is 5.71. The van der Waals surface area contributed by atoms with Crippen molar-refractivity contribution >= 4 is 12.6 Å². The Hall–Kier alpha value is -1.12. The van der Waals surface area contributed by atoms with Crippen LogP contribution in [-0.2, 0) is 6.54 Å². The van der Waals surface area contributed by atoms with Gasteiger partial charge in [-0.2, -0.15) is 13.2 Å². The maximum atomic E-state index is 13.1. The molecule has 0 saturated heterocycles. The van der Waals surface area contributed by atoms with Gasteiger partial charge in [-0.25, -0.2) is 4.39 Å². The molecule has 0 atom stereocenters.